The van der Waals surface area contributed by atoms with E-state index >= 15 is 0 Å². The van der Waals surface area contributed by atoms with Crippen LogP contribution in [0.2, 0.25) is 0 Å². The van der Waals surface area contributed by atoms with Gasteiger partial charge in [-0.2, -0.15) is 0 Å². The molecule has 0 bridgehead atoms. The van der Waals surface area contributed by atoms with Crippen molar-refractivity contribution in [3.8, 4) is 0 Å². The number of rotatable bonds is 10. The summed E-state index contributed by atoms with van der Waals surface area (Å²) in [6.07, 6.45) is 12.9. The zero-order valence-electron chi connectivity index (χ0n) is 11.4. The van der Waals surface area contributed by atoms with Gasteiger partial charge in [0.2, 0.25) is 0 Å². The van der Waals surface area contributed by atoms with Crippen molar-refractivity contribution in [2.75, 3.05) is 13.1 Å². The van der Waals surface area contributed by atoms with E-state index in [1.807, 2.05) is 12.4 Å². The molecule has 0 amide bonds. The van der Waals surface area contributed by atoms with Crippen LogP contribution >= 0.6 is 0 Å². The molecule has 1 aromatic rings. The molecule has 3 heteroatoms. The Hall–Kier alpha value is -0.830. The average Bonchev–Trinajstić information content (AvgIpc) is 2.73. The van der Waals surface area contributed by atoms with Crippen molar-refractivity contribution in [2.24, 2.45) is 7.05 Å². The highest BCUT2D eigenvalue weighted by Crippen LogP contribution is 2.01. The molecular weight excluding hydrogens is 210 g/mol. The number of unbranched alkanes of at least 4 members (excludes halogenated alkanes) is 4. The standard InChI is InChI=1S/C14H27N3/c1-3-4-5-6-7-10-15-11-8-9-14-16-12-13-17(14)2/h12-13,15H,3-11H2,1-2H3. The molecule has 1 aromatic heterocycles. The number of imidazole rings is 1. The van der Waals surface area contributed by atoms with Crippen molar-refractivity contribution in [3.05, 3.63) is 18.2 Å². The Kier molecular flexibility index (Phi) is 7.72. The van der Waals surface area contributed by atoms with Gasteiger partial charge in [0.05, 0.1) is 0 Å². The lowest BCUT2D eigenvalue weighted by Crippen LogP contribution is -2.17. The fourth-order valence-electron chi connectivity index (χ4n) is 1.99. The van der Waals surface area contributed by atoms with E-state index in [2.05, 4.69) is 28.8 Å². The minimum atomic E-state index is 1.08. The van der Waals surface area contributed by atoms with Crippen LogP contribution in [0.4, 0.5) is 0 Å². The summed E-state index contributed by atoms with van der Waals surface area (Å²) in [5.41, 5.74) is 0. The first-order valence-electron chi connectivity index (χ1n) is 7.01. The van der Waals surface area contributed by atoms with Gasteiger partial charge in [-0.25, -0.2) is 4.98 Å². The molecule has 0 atom stereocenters. The van der Waals surface area contributed by atoms with Crippen molar-refractivity contribution in [1.82, 2.24) is 14.9 Å². The van der Waals surface area contributed by atoms with Crippen LogP contribution in [0.1, 0.15) is 51.3 Å². The summed E-state index contributed by atoms with van der Waals surface area (Å²) < 4.78 is 2.10. The molecule has 0 unspecified atom stereocenters. The van der Waals surface area contributed by atoms with E-state index in [0.717, 1.165) is 13.0 Å². The Morgan fingerprint density at radius 1 is 1.12 bits per heavy atom. The lowest BCUT2D eigenvalue weighted by molar-refractivity contribution is 0.569. The van der Waals surface area contributed by atoms with E-state index in [4.69, 9.17) is 0 Å². The van der Waals surface area contributed by atoms with Gasteiger partial charge in [-0.15, -0.1) is 0 Å². The van der Waals surface area contributed by atoms with E-state index in [9.17, 15) is 0 Å². The third-order valence-corrected chi connectivity index (χ3v) is 3.13. The molecule has 0 aliphatic rings. The van der Waals surface area contributed by atoms with Crippen molar-refractivity contribution >= 4 is 0 Å². The maximum atomic E-state index is 4.32. The van der Waals surface area contributed by atoms with Crippen LogP contribution < -0.4 is 5.32 Å². The SMILES string of the molecule is CCCCCCCNCCCc1nccn1C. The molecule has 0 saturated carbocycles. The van der Waals surface area contributed by atoms with Crippen LogP contribution in [0.15, 0.2) is 12.4 Å². The summed E-state index contributed by atoms with van der Waals surface area (Å²) in [6.45, 7) is 4.54. The Morgan fingerprint density at radius 3 is 2.59 bits per heavy atom. The zero-order valence-corrected chi connectivity index (χ0v) is 11.4. The first-order valence-corrected chi connectivity index (χ1v) is 7.01. The van der Waals surface area contributed by atoms with Gasteiger partial charge in [0.15, 0.2) is 0 Å². The van der Waals surface area contributed by atoms with Crippen LogP contribution in [-0.2, 0) is 13.5 Å². The lowest BCUT2D eigenvalue weighted by atomic mass is 10.1. The van der Waals surface area contributed by atoms with E-state index in [0.29, 0.717) is 0 Å². The van der Waals surface area contributed by atoms with Crippen LogP contribution in [0.5, 0.6) is 0 Å². The molecule has 0 spiro atoms. The van der Waals surface area contributed by atoms with Crippen LogP contribution in [0.3, 0.4) is 0 Å². The second kappa shape index (κ2) is 9.23. The predicted molar refractivity (Wildman–Crippen MR) is 73.2 cm³/mol. The van der Waals surface area contributed by atoms with Gasteiger partial charge in [-0.1, -0.05) is 32.6 Å². The number of nitrogens with one attached hydrogen (secondary N) is 1. The van der Waals surface area contributed by atoms with E-state index < -0.39 is 0 Å². The third kappa shape index (κ3) is 6.47. The number of aromatic nitrogens is 2. The van der Waals surface area contributed by atoms with Crippen molar-refractivity contribution in [3.63, 3.8) is 0 Å². The second-order valence-electron chi connectivity index (χ2n) is 4.72. The van der Waals surface area contributed by atoms with E-state index in [1.54, 1.807) is 0 Å². The summed E-state index contributed by atoms with van der Waals surface area (Å²) in [5.74, 6) is 1.19. The quantitative estimate of drug-likeness (QED) is 0.634. The topological polar surface area (TPSA) is 29.9 Å². The highest BCUT2D eigenvalue weighted by Gasteiger charge is 1.97. The van der Waals surface area contributed by atoms with Crippen molar-refractivity contribution in [1.29, 1.82) is 0 Å². The molecule has 0 aliphatic heterocycles. The minimum absolute atomic E-state index is 1.08. The zero-order chi connectivity index (χ0) is 12.3. The number of aryl methyl sites for hydroxylation is 2. The summed E-state index contributed by atoms with van der Waals surface area (Å²) in [4.78, 5) is 4.32. The molecular formula is C14H27N3. The maximum Gasteiger partial charge on any atom is 0.108 e. The Balaban J connectivity index is 1.86. The molecule has 0 aliphatic carbocycles. The van der Waals surface area contributed by atoms with Crippen LogP contribution in [0, 0.1) is 0 Å². The summed E-state index contributed by atoms with van der Waals surface area (Å²) >= 11 is 0. The summed E-state index contributed by atoms with van der Waals surface area (Å²) in [6, 6.07) is 0. The number of nitrogens with zero attached hydrogens (tertiary/aromatic N) is 2. The van der Waals surface area contributed by atoms with Crippen molar-refractivity contribution < 1.29 is 0 Å². The molecule has 0 aromatic carbocycles. The summed E-state index contributed by atoms with van der Waals surface area (Å²) in [5, 5.41) is 3.51. The fraction of sp³-hybridized carbons (Fsp3) is 0.786. The highest BCUT2D eigenvalue weighted by molar-refractivity contribution is 4.90. The number of hydrogen-bond donors (Lipinski definition) is 1. The first-order chi connectivity index (χ1) is 8.34. The van der Waals surface area contributed by atoms with E-state index in [-0.39, 0.29) is 0 Å². The van der Waals surface area contributed by atoms with Crippen LogP contribution in [-0.4, -0.2) is 22.6 Å². The molecule has 0 radical (unpaired) electrons. The van der Waals surface area contributed by atoms with Crippen molar-refractivity contribution in [2.45, 2.75) is 51.9 Å². The molecule has 3 nitrogen and oxygen atoms in total. The Morgan fingerprint density at radius 2 is 1.88 bits per heavy atom. The Bertz CT molecular complexity index is 281. The molecule has 17 heavy (non-hydrogen) atoms. The highest BCUT2D eigenvalue weighted by atomic mass is 15.0. The first kappa shape index (κ1) is 14.2. The maximum absolute atomic E-state index is 4.32. The van der Waals surface area contributed by atoms with Gasteiger partial charge >= 0.3 is 0 Å². The van der Waals surface area contributed by atoms with Gasteiger partial charge < -0.3 is 9.88 Å². The predicted octanol–water partition coefficient (Wildman–Crippen LogP) is 2.91. The molecule has 0 fully saturated rings. The molecule has 1 N–H and O–H groups in total. The molecule has 1 rings (SSSR count). The summed E-state index contributed by atoms with van der Waals surface area (Å²) in [7, 11) is 2.06. The van der Waals surface area contributed by atoms with Crippen LogP contribution in [0.25, 0.3) is 0 Å². The van der Waals surface area contributed by atoms with Gasteiger partial charge in [-0.3, -0.25) is 0 Å². The van der Waals surface area contributed by atoms with Gasteiger partial charge in [0, 0.05) is 25.9 Å². The fourth-order valence-corrected chi connectivity index (χ4v) is 1.99. The minimum Gasteiger partial charge on any atom is -0.338 e. The van der Waals surface area contributed by atoms with Gasteiger partial charge in [-0.05, 0) is 25.9 Å². The monoisotopic (exact) mass is 237 g/mol. The molecule has 1 heterocycles. The third-order valence-electron chi connectivity index (χ3n) is 3.13. The second-order valence-corrected chi connectivity index (χ2v) is 4.72. The molecule has 0 saturated heterocycles. The van der Waals surface area contributed by atoms with Gasteiger partial charge in [0.25, 0.3) is 0 Å². The van der Waals surface area contributed by atoms with Gasteiger partial charge in [0.1, 0.15) is 5.82 Å². The largest absolute Gasteiger partial charge is 0.338 e. The van der Waals surface area contributed by atoms with E-state index in [1.165, 1.54) is 50.9 Å². The lowest BCUT2D eigenvalue weighted by Gasteiger charge is -2.05. The average molecular weight is 237 g/mol. The smallest absolute Gasteiger partial charge is 0.108 e. The normalized spacial score (nSPS) is 10.9. The number of hydrogen-bond acceptors (Lipinski definition) is 2. The Labute approximate surface area is 106 Å². The molecule has 98 valence electrons.